The van der Waals surface area contributed by atoms with Crippen molar-refractivity contribution in [2.45, 2.75) is 6.54 Å². The summed E-state index contributed by atoms with van der Waals surface area (Å²) in [5.41, 5.74) is 3.46. The quantitative estimate of drug-likeness (QED) is 0.394. The zero-order chi connectivity index (χ0) is 22.8. The van der Waals surface area contributed by atoms with Gasteiger partial charge in [-0.15, -0.1) is 0 Å². The molecule has 0 aliphatic carbocycles. The lowest BCUT2D eigenvalue weighted by Gasteiger charge is -2.05. The van der Waals surface area contributed by atoms with E-state index in [2.05, 4.69) is 20.4 Å². The number of aromatic nitrogens is 4. The monoisotopic (exact) mass is 442 g/mol. The summed E-state index contributed by atoms with van der Waals surface area (Å²) >= 11 is 0. The fourth-order valence-corrected chi connectivity index (χ4v) is 3.48. The third-order valence-electron chi connectivity index (χ3n) is 5.17. The van der Waals surface area contributed by atoms with Crippen LogP contribution in [0.1, 0.15) is 15.9 Å². The predicted molar refractivity (Wildman–Crippen MR) is 119 cm³/mol. The van der Waals surface area contributed by atoms with Crippen LogP contribution in [0.25, 0.3) is 22.4 Å². The molecule has 0 atom stereocenters. The molecule has 0 saturated carbocycles. The third-order valence-corrected chi connectivity index (χ3v) is 5.17. The molecule has 8 heteroatoms. The van der Waals surface area contributed by atoms with Crippen molar-refractivity contribution in [1.29, 1.82) is 0 Å². The number of nitrogens with one attached hydrogen (secondary N) is 2. The minimum Gasteiger partial charge on any atom is -0.333 e. The SMILES string of the molecule is O=C(Nc1ccccc1)c1ccc(C[n+]2cc3[nH]c(-c4cccc(F)c4F)nc3cn2)cc1. The number of carbonyl (C=O) groups excluding carboxylic acids is 1. The number of anilines is 1. The van der Waals surface area contributed by atoms with Crippen LogP contribution in [0.15, 0.2) is 85.2 Å². The van der Waals surface area contributed by atoms with E-state index >= 15 is 0 Å². The smallest absolute Gasteiger partial charge is 0.255 e. The van der Waals surface area contributed by atoms with Crippen molar-refractivity contribution in [2.75, 3.05) is 5.32 Å². The molecule has 0 aliphatic rings. The summed E-state index contributed by atoms with van der Waals surface area (Å²) in [6.07, 6.45) is 3.31. The lowest BCUT2D eigenvalue weighted by atomic mass is 10.1. The van der Waals surface area contributed by atoms with Crippen LogP contribution in [0.5, 0.6) is 0 Å². The number of hydrogen-bond donors (Lipinski definition) is 2. The Kier molecular flexibility index (Phi) is 5.32. The molecule has 3 aromatic carbocycles. The van der Waals surface area contributed by atoms with Crippen molar-refractivity contribution in [2.24, 2.45) is 0 Å². The molecule has 0 bridgehead atoms. The molecule has 33 heavy (non-hydrogen) atoms. The lowest BCUT2D eigenvalue weighted by molar-refractivity contribution is -0.745. The number of nitrogens with zero attached hydrogens (tertiary/aromatic N) is 3. The Balaban J connectivity index is 1.33. The summed E-state index contributed by atoms with van der Waals surface area (Å²) in [4.78, 5) is 19.7. The first-order valence-electron chi connectivity index (χ1n) is 10.2. The summed E-state index contributed by atoms with van der Waals surface area (Å²) in [5.74, 6) is -1.83. The van der Waals surface area contributed by atoms with Gasteiger partial charge in [0.2, 0.25) is 6.20 Å². The normalized spacial score (nSPS) is 11.0. The van der Waals surface area contributed by atoms with Crippen LogP contribution in [0, 0.1) is 11.6 Å². The van der Waals surface area contributed by atoms with Gasteiger partial charge in [0.15, 0.2) is 18.2 Å². The predicted octanol–water partition coefficient (Wildman–Crippen LogP) is 4.49. The van der Waals surface area contributed by atoms with Crippen molar-refractivity contribution in [1.82, 2.24) is 15.1 Å². The summed E-state index contributed by atoms with van der Waals surface area (Å²) in [5, 5.41) is 7.20. The van der Waals surface area contributed by atoms with Gasteiger partial charge in [-0.05, 0) is 41.5 Å². The van der Waals surface area contributed by atoms with Crippen LogP contribution < -0.4 is 10.00 Å². The minimum atomic E-state index is -0.950. The van der Waals surface area contributed by atoms with E-state index in [4.69, 9.17) is 0 Å². The summed E-state index contributed by atoms with van der Waals surface area (Å²) in [6.45, 7) is 0.458. The highest BCUT2D eigenvalue weighted by molar-refractivity contribution is 6.04. The molecule has 6 nitrogen and oxygen atoms in total. The Morgan fingerprint density at radius 3 is 2.55 bits per heavy atom. The molecule has 5 aromatic rings. The van der Waals surface area contributed by atoms with E-state index in [1.807, 2.05) is 42.5 Å². The molecule has 0 radical (unpaired) electrons. The van der Waals surface area contributed by atoms with Gasteiger partial charge in [0.1, 0.15) is 23.1 Å². The topological polar surface area (TPSA) is 74.6 Å². The second-order valence-corrected chi connectivity index (χ2v) is 7.47. The maximum atomic E-state index is 14.1. The number of imidazole rings is 1. The standard InChI is InChI=1S/C25H17F2N5O/c26-20-8-4-7-19(23(20)27)24-30-21-13-28-32(15-22(21)31-24)14-16-9-11-17(12-10-16)25(33)29-18-5-2-1-3-6-18/h1-13,15H,14H2,(H,29,33)/p+1. The Morgan fingerprint density at radius 1 is 0.970 bits per heavy atom. The highest BCUT2D eigenvalue weighted by atomic mass is 19.2. The van der Waals surface area contributed by atoms with Crippen LogP contribution >= 0.6 is 0 Å². The van der Waals surface area contributed by atoms with E-state index in [0.717, 1.165) is 17.3 Å². The second-order valence-electron chi connectivity index (χ2n) is 7.47. The van der Waals surface area contributed by atoms with Crippen molar-refractivity contribution < 1.29 is 18.3 Å². The summed E-state index contributed by atoms with van der Waals surface area (Å²) in [7, 11) is 0. The van der Waals surface area contributed by atoms with Crippen LogP contribution in [0.3, 0.4) is 0 Å². The molecule has 162 valence electrons. The fourth-order valence-electron chi connectivity index (χ4n) is 3.48. The number of H-pyrrole nitrogens is 1. The maximum Gasteiger partial charge on any atom is 0.255 e. The van der Waals surface area contributed by atoms with Crippen molar-refractivity contribution >= 4 is 22.6 Å². The van der Waals surface area contributed by atoms with Gasteiger partial charge in [-0.1, -0.05) is 41.1 Å². The van der Waals surface area contributed by atoms with Crippen LogP contribution in [-0.2, 0) is 6.54 Å². The highest BCUT2D eigenvalue weighted by Crippen LogP contribution is 2.23. The maximum absolute atomic E-state index is 14.1. The summed E-state index contributed by atoms with van der Waals surface area (Å²) < 4.78 is 29.4. The van der Waals surface area contributed by atoms with E-state index in [-0.39, 0.29) is 17.3 Å². The Hall–Kier alpha value is -4.46. The Morgan fingerprint density at radius 2 is 1.76 bits per heavy atom. The number of amides is 1. The van der Waals surface area contributed by atoms with Crippen molar-refractivity contribution in [3.05, 3.63) is 108 Å². The molecule has 2 heterocycles. The largest absolute Gasteiger partial charge is 0.333 e. The van der Waals surface area contributed by atoms with E-state index < -0.39 is 11.6 Å². The van der Waals surface area contributed by atoms with E-state index in [0.29, 0.717) is 23.1 Å². The van der Waals surface area contributed by atoms with E-state index in [9.17, 15) is 13.6 Å². The molecule has 0 saturated heterocycles. The molecular weight excluding hydrogens is 424 g/mol. The molecular formula is C25H18F2N5O+. The number of carbonyl (C=O) groups is 1. The zero-order valence-electron chi connectivity index (χ0n) is 17.3. The average molecular weight is 442 g/mol. The van der Waals surface area contributed by atoms with Crippen LogP contribution in [0.2, 0.25) is 0 Å². The van der Waals surface area contributed by atoms with Gasteiger partial charge in [-0.3, -0.25) is 4.79 Å². The third kappa shape index (κ3) is 4.31. The number of para-hydroxylation sites is 1. The van der Waals surface area contributed by atoms with Gasteiger partial charge < -0.3 is 10.3 Å². The molecule has 1 amide bonds. The zero-order valence-corrected chi connectivity index (χ0v) is 17.3. The fraction of sp³-hybridized carbons (Fsp3) is 0.0400. The highest BCUT2D eigenvalue weighted by Gasteiger charge is 2.16. The van der Waals surface area contributed by atoms with Crippen LogP contribution in [-0.4, -0.2) is 21.0 Å². The van der Waals surface area contributed by atoms with Crippen molar-refractivity contribution in [3.8, 4) is 11.4 Å². The van der Waals surface area contributed by atoms with Gasteiger partial charge in [0.05, 0.1) is 5.56 Å². The van der Waals surface area contributed by atoms with Gasteiger partial charge >= 0.3 is 0 Å². The molecule has 5 rings (SSSR count). The number of benzene rings is 3. The lowest BCUT2D eigenvalue weighted by Crippen LogP contribution is -2.37. The number of halogens is 2. The molecule has 2 aromatic heterocycles. The van der Waals surface area contributed by atoms with E-state index in [1.54, 1.807) is 29.2 Å². The molecule has 2 N–H and O–H groups in total. The van der Waals surface area contributed by atoms with E-state index in [1.165, 1.54) is 12.1 Å². The minimum absolute atomic E-state index is 0.0575. The summed E-state index contributed by atoms with van der Waals surface area (Å²) in [6, 6.07) is 20.5. The van der Waals surface area contributed by atoms with Gasteiger partial charge in [-0.25, -0.2) is 13.8 Å². The van der Waals surface area contributed by atoms with Gasteiger partial charge in [-0.2, -0.15) is 0 Å². The molecule has 0 fully saturated rings. The first-order chi connectivity index (χ1) is 16.1. The molecule has 0 aliphatic heterocycles. The average Bonchev–Trinajstić information content (AvgIpc) is 3.25. The van der Waals surface area contributed by atoms with Gasteiger partial charge in [0, 0.05) is 16.8 Å². The van der Waals surface area contributed by atoms with Crippen LogP contribution in [0.4, 0.5) is 14.5 Å². The number of hydrogen-bond acceptors (Lipinski definition) is 3. The second kappa shape index (κ2) is 8.58. The first kappa shape index (κ1) is 20.4. The molecule has 0 spiro atoms. The number of fused-ring (bicyclic) bond motifs is 1. The number of rotatable bonds is 5. The molecule has 0 unspecified atom stereocenters. The number of aromatic amines is 1. The van der Waals surface area contributed by atoms with Crippen molar-refractivity contribution in [3.63, 3.8) is 0 Å². The Labute approximate surface area is 187 Å². The van der Waals surface area contributed by atoms with Gasteiger partial charge in [0.25, 0.3) is 5.91 Å². The first-order valence-corrected chi connectivity index (χ1v) is 10.2. The Bertz CT molecular complexity index is 1450.